The number of aryl methyl sites for hydroxylation is 1. The average Bonchev–Trinajstić information content (AvgIpc) is 2.65. The summed E-state index contributed by atoms with van der Waals surface area (Å²) in [4.78, 5) is 2.78. The van der Waals surface area contributed by atoms with Crippen LogP contribution in [0.3, 0.4) is 0 Å². The Balaban J connectivity index is 2.63. The Kier molecular flexibility index (Phi) is 4.97. The van der Waals surface area contributed by atoms with Crippen LogP contribution in [0.5, 0.6) is 0 Å². The Hall–Kier alpha value is -0.0100. The van der Waals surface area contributed by atoms with Crippen molar-refractivity contribution in [1.29, 1.82) is 0 Å². The molecule has 0 aliphatic rings. The molecule has 1 heterocycles. The molecule has 0 aliphatic carbocycles. The smallest absolute Gasteiger partial charge is 0.0704 e. The van der Waals surface area contributed by atoms with Crippen molar-refractivity contribution in [2.24, 2.45) is 5.92 Å². The van der Waals surface area contributed by atoms with Crippen molar-refractivity contribution in [2.45, 2.75) is 45.4 Å². The van der Waals surface area contributed by atoms with E-state index in [1.165, 1.54) is 22.6 Å². The number of rotatable bonds is 5. The Morgan fingerprint density at radius 3 is 2.57 bits per heavy atom. The van der Waals surface area contributed by atoms with E-state index in [4.69, 9.17) is 11.6 Å². The molecule has 1 aromatic rings. The standard InChI is InChI=1S/C12H19ClS/c1-4-6-9(3)12(13)11-8-7-10(5-2)14-11/h7-9,12H,4-6H2,1-3H3. The molecule has 2 unspecified atom stereocenters. The predicted octanol–water partition coefficient (Wildman–Crippen LogP) is 5.03. The van der Waals surface area contributed by atoms with Crippen molar-refractivity contribution < 1.29 is 0 Å². The summed E-state index contributed by atoms with van der Waals surface area (Å²) < 4.78 is 0. The van der Waals surface area contributed by atoms with Crippen molar-refractivity contribution in [3.8, 4) is 0 Å². The molecule has 0 amide bonds. The second kappa shape index (κ2) is 5.77. The Morgan fingerprint density at radius 2 is 2.07 bits per heavy atom. The van der Waals surface area contributed by atoms with Crippen molar-refractivity contribution in [2.75, 3.05) is 0 Å². The highest BCUT2D eigenvalue weighted by molar-refractivity contribution is 7.12. The molecule has 80 valence electrons. The molecule has 0 aromatic carbocycles. The van der Waals surface area contributed by atoms with Gasteiger partial charge in [0.25, 0.3) is 0 Å². The fourth-order valence-electron chi connectivity index (χ4n) is 1.61. The highest BCUT2D eigenvalue weighted by Gasteiger charge is 2.17. The largest absolute Gasteiger partial charge is 0.144 e. The number of hydrogen-bond acceptors (Lipinski definition) is 1. The Bertz CT molecular complexity index is 267. The molecular formula is C12H19ClS. The highest BCUT2D eigenvalue weighted by Crippen LogP contribution is 2.35. The van der Waals surface area contributed by atoms with Crippen LogP contribution in [0.15, 0.2) is 12.1 Å². The van der Waals surface area contributed by atoms with Crippen LogP contribution in [0.2, 0.25) is 0 Å². The van der Waals surface area contributed by atoms with E-state index >= 15 is 0 Å². The van der Waals surface area contributed by atoms with Crippen LogP contribution in [0.1, 0.15) is 48.7 Å². The summed E-state index contributed by atoms with van der Waals surface area (Å²) in [6.45, 7) is 6.65. The first-order chi connectivity index (χ1) is 6.69. The third-order valence-corrected chi connectivity index (χ3v) is 4.65. The highest BCUT2D eigenvalue weighted by atomic mass is 35.5. The maximum Gasteiger partial charge on any atom is 0.0704 e. The first kappa shape index (κ1) is 12.1. The van der Waals surface area contributed by atoms with E-state index in [9.17, 15) is 0 Å². The molecule has 0 saturated heterocycles. The van der Waals surface area contributed by atoms with Gasteiger partial charge < -0.3 is 0 Å². The topological polar surface area (TPSA) is 0 Å². The van der Waals surface area contributed by atoms with Gasteiger partial charge in [0.05, 0.1) is 5.38 Å². The van der Waals surface area contributed by atoms with Gasteiger partial charge in [-0.25, -0.2) is 0 Å². The lowest BCUT2D eigenvalue weighted by molar-refractivity contribution is 0.511. The van der Waals surface area contributed by atoms with Gasteiger partial charge in [-0.3, -0.25) is 0 Å². The van der Waals surface area contributed by atoms with Crippen molar-refractivity contribution in [1.82, 2.24) is 0 Å². The first-order valence-corrected chi connectivity index (χ1v) is 6.67. The first-order valence-electron chi connectivity index (χ1n) is 5.41. The monoisotopic (exact) mass is 230 g/mol. The van der Waals surface area contributed by atoms with Gasteiger partial charge in [0.15, 0.2) is 0 Å². The van der Waals surface area contributed by atoms with Crippen LogP contribution < -0.4 is 0 Å². The van der Waals surface area contributed by atoms with E-state index in [1.54, 1.807) is 0 Å². The molecule has 0 fully saturated rings. The molecule has 0 aliphatic heterocycles. The summed E-state index contributed by atoms with van der Waals surface area (Å²) in [5.41, 5.74) is 0. The number of alkyl halides is 1. The summed E-state index contributed by atoms with van der Waals surface area (Å²) in [6, 6.07) is 4.39. The molecule has 0 N–H and O–H groups in total. The van der Waals surface area contributed by atoms with E-state index in [2.05, 4.69) is 32.9 Å². The third kappa shape index (κ3) is 2.99. The predicted molar refractivity (Wildman–Crippen MR) is 66.4 cm³/mol. The minimum Gasteiger partial charge on any atom is -0.144 e. The summed E-state index contributed by atoms with van der Waals surface area (Å²) in [6.07, 6.45) is 3.56. The Labute approximate surface area is 96.3 Å². The van der Waals surface area contributed by atoms with Gasteiger partial charge in [0.2, 0.25) is 0 Å². The van der Waals surface area contributed by atoms with Crippen LogP contribution in [0.4, 0.5) is 0 Å². The van der Waals surface area contributed by atoms with Crippen LogP contribution in [-0.4, -0.2) is 0 Å². The fourth-order valence-corrected chi connectivity index (χ4v) is 3.01. The fraction of sp³-hybridized carbons (Fsp3) is 0.667. The normalized spacial score (nSPS) is 15.4. The lowest BCUT2D eigenvalue weighted by Crippen LogP contribution is -2.01. The van der Waals surface area contributed by atoms with E-state index in [0.29, 0.717) is 5.92 Å². The molecule has 1 rings (SSSR count). The van der Waals surface area contributed by atoms with Gasteiger partial charge in [-0.2, -0.15) is 0 Å². The minimum absolute atomic E-state index is 0.209. The molecular weight excluding hydrogens is 212 g/mol. The molecule has 2 heteroatoms. The van der Waals surface area contributed by atoms with Gasteiger partial charge >= 0.3 is 0 Å². The number of thiophene rings is 1. The summed E-state index contributed by atoms with van der Waals surface area (Å²) in [7, 11) is 0. The molecule has 0 bridgehead atoms. The lowest BCUT2D eigenvalue weighted by atomic mass is 10.0. The van der Waals surface area contributed by atoms with Gasteiger partial charge in [-0.15, -0.1) is 22.9 Å². The summed E-state index contributed by atoms with van der Waals surface area (Å²) in [5.74, 6) is 0.588. The van der Waals surface area contributed by atoms with Gasteiger partial charge in [0, 0.05) is 9.75 Å². The molecule has 0 radical (unpaired) electrons. The zero-order valence-electron chi connectivity index (χ0n) is 9.22. The lowest BCUT2D eigenvalue weighted by Gasteiger charge is -2.15. The number of hydrogen-bond donors (Lipinski definition) is 0. The van der Waals surface area contributed by atoms with E-state index < -0.39 is 0 Å². The second-order valence-corrected chi connectivity index (χ2v) is 5.50. The molecule has 0 nitrogen and oxygen atoms in total. The zero-order chi connectivity index (χ0) is 10.6. The molecule has 1 aromatic heterocycles. The molecule has 14 heavy (non-hydrogen) atoms. The quantitative estimate of drug-likeness (QED) is 0.623. The van der Waals surface area contributed by atoms with Crippen LogP contribution in [0.25, 0.3) is 0 Å². The van der Waals surface area contributed by atoms with Crippen LogP contribution >= 0.6 is 22.9 Å². The second-order valence-electron chi connectivity index (χ2n) is 3.83. The van der Waals surface area contributed by atoms with E-state index in [-0.39, 0.29) is 5.38 Å². The van der Waals surface area contributed by atoms with Crippen molar-refractivity contribution >= 4 is 22.9 Å². The number of halogens is 1. The van der Waals surface area contributed by atoms with Gasteiger partial charge in [-0.05, 0) is 30.9 Å². The van der Waals surface area contributed by atoms with E-state index in [1.807, 2.05) is 11.3 Å². The summed E-state index contributed by atoms with van der Waals surface area (Å²) in [5, 5.41) is 0.209. The summed E-state index contributed by atoms with van der Waals surface area (Å²) >= 11 is 8.28. The maximum atomic E-state index is 6.42. The minimum atomic E-state index is 0.209. The molecule has 0 spiro atoms. The average molecular weight is 231 g/mol. The van der Waals surface area contributed by atoms with Crippen LogP contribution in [-0.2, 0) is 6.42 Å². The SMILES string of the molecule is CCCC(C)C(Cl)c1ccc(CC)s1. The van der Waals surface area contributed by atoms with Crippen molar-refractivity contribution in [3.05, 3.63) is 21.9 Å². The third-order valence-electron chi connectivity index (χ3n) is 2.55. The maximum absolute atomic E-state index is 6.42. The van der Waals surface area contributed by atoms with Crippen LogP contribution in [0, 0.1) is 5.92 Å². The van der Waals surface area contributed by atoms with Gasteiger partial charge in [0.1, 0.15) is 0 Å². The molecule has 2 atom stereocenters. The van der Waals surface area contributed by atoms with E-state index in [0.717, 1.165) is 6.42 Å². The van der Waals surface area contributed by atoms with Gasteiger partial charge in [-0.1, -0.05) is 27.2 Å². The molecule has 0 saturated carbocycles. The van der Waals surface area contributed by atoms with Crippen molar-refractivity contribution in [3.63, 3.8) is 0 Å². The Morgan fingerprint density at radius 1 is 1.36 bits per heavy atom. The zero-order valence-corrected chi connectivity index (χ0v) is 10.8.